The number of nitrogens with zero attached hydrogens (tertiary/aromatic N) is 5. The van der Waals surface area contributed by atoms with E-state index in [1.54, 1.807) is 0 Å². The van der Waals surface area contributed by atoms with Gasteiger partial charge in [-0.15, -0.1) is 0 Å². The summed E-state index contributed by atoms with van der Waals surface area (Å²) in [7, 11) is 0. The minimum absolute atomic E-state index is 0.513. The van der Waals surface area contributed by atoms with Gasteiger partial charge in [0.05, 0.1) is 22.1 Å². The summed E-state index contributed by atoms with van der Waals surface area (Å²) in [5, 5.41) is 13.1. The summed E-state index contributed by atoms with van der Waals surface area (Å²) in [6.45, 7) is 0. The van der Waals surface area contributed by atoms with Crippen LogP contribution >= 0.6 is 0 Å². The maximum absolute atomic E-state index is 7.27. The Bertz CT molecular complexity index is 4500. The van der Waals surface area contributed by atoms with Gasteiger partial charge in [0.25, 0.3) is 0 Å². The van der Waals surface area contributed by atoms with E-state index in [4.69, 9.17) is 23.8 Å². The third-order valence-electron chi connectivity index (χ3n) is 13.5. The Hall–Kier alpha value is -9.07. The van der Waals surface area contributed by atoms with Crippen LogP contribution < -0.4 is 0 Å². The number of benzene rings is 10. The fourth-order valence-electron chi connectivity index (χ4n) is 10.6. The van der Waals surface area contributed by atoms with Gasteiger partial charge >= 0.3 is 0 Å². The van der Waals surface area contributed by atoms with E-state index in [1.165, 1.54) is 5.39 Å². The third-order valence-corrected chi connectivity index (χ3v) is 13.5. The van der Waals surface area contributed by atoms with Crippen molar-refractivity contribution < 1.29 is 8.83 Å². The lowest BCUT2D eigenvalue weighted by atomic mass is 10.0. The summed E-state index contributed by atoms with van der Waals surface area (Å²) in [6.07, 6.45) is 0. The lowest BCUT2D eigenvalue weighted by Gasteiger charge is -2.16. The van der Waals surface area contributed by atoms with E-state index in [1.807, 2.05) is 30.3 Å². The first-order chi connectivity index (χ1) is 32.7. The molecule has 0 saturated carbocycles. The molecule has 15 aromatic rings. The van der Waals surface area contributed by atoms with E-state index in [0.29, 0.717) is 17.6 Å². The van der Waals surface area contributed by atoms with Gasteiger partial charge in [-0.3, -0.25) is 4.57 Å². The molecule has 0 spiro atoms. The van der Waals surface area contributed by atoms with Crippen LogP contribution in [0.1, 0.15) is 0 Å². The summed E-state index contributed by atoms with van der Waals surface area (Å²) < 4.78 is 18.1. The maximum atomic E-state index is 7.27. The highest BCUT2D eigenvalue weighted by atomic mass is 16.3. The van der Waals surface area contributed by atoms with Gasteiger partial charge < -0.3 is 13.4 Å². The van der Waals surface area contributed by atoms with Crippen molar-refractivity contribution >= 4 is 109 Å². The molecule has 0 fully saturated rings. The number of rotatable bonds is 4. The van der Waals surface area contributed by atoms with Gasteiger partial charge in [-0.2, -0.15) is 9.97 Å². The van der Waals surface area contributed by atoms with Crippen LogP contribution in [0.15, 0.2) is 209 Å². The topological polar surface area (TPSA) is 74.8 Å². The molecule has 10 aromatic carbocycles. The molecule has 5 aromatic heterocycles. The monoisotopic (exact) mass is 843 g/mol. The number of hydrogen-bond donors (Lipinski definition) is 0. The lowest BCUT2D eigenvalue weighted by molar-refractivity contribution is 0.669. The van der Waals surface area contributed by atoms with Gasteiger partial charge in [0.2, 0.25) is 5.95 Å². The van der Waals surface area contributed by atoms with Crippen LogP contribution in [0.2, 0.25) is 0 Å². The summed E-state index contributed by atoms with van der Waals surface area (Å²) in [6, 6.07) is 70.2. The Morgan fingerprint density at radius 2 is 0.894 bits per heavy atom. The smallest absolute Gasteiger partial charge is 0.238 e. The molecule has 0 saturated heterocycles. The molecule has 0 unspecified atom stereocenters. The normalized spacial score (nSPS) is 12.2. The van der Waals surface area contributed by atoms with Crippen LogP contribution in [0.5, 0.6) is 0 Å². The molecule has 0 radical (unpaired) electrons. The fourth-order valence-corrected chi connectivity index (χ4v) is 10.6. The molecular weight excluding hydrogens is 811 g/mol. The van der Waals surface area contributed by atoms with E-state index < -0.39 is 0 Å². The summed E-state index contributed by atoms with van der Waals surface area (Å²) in [4.78, 5) is 16.4. The summed E-state index contributed by atoms with van der Waals surface area (Å²) in [5.41, 5.74) is 9.87. The van der Waals surface area contributed by atoms with Gasteiger partial charge in [0, 0.05) is 59.6 Å². The van der Waals surface area contributed by atoms with Crippen LogP contribution in [0.4, 0.5) is 0 Å². The van der Waals surface area contributed by atoms with Crippen molar-refractivity contribution in [3.63, 3.8) is 0 Å². The van der Waals surface area contributed by atoms with Crippen molar-refractivity contribution in [2.45, 2.75) is 0 Å². The van der Waals surface area contributed by atoms with E-state index in [2.05, 4.69) is 179 Å². The van der Waals surface area contributed by atoms with Gasteiger partial charge in [0.1, 0.15) is 22.4 Å². The second kappa shape index (κ2) is 13.2. The molecule has 66 heavy (non-hydrogen) atoms. The lowest BCUT2D eigenvalue weighted by Crippen LogP contribution is -2.08. The van der Waals surface area contributed by atoms with Crippen LogP contribution in [0.3, 0.4) is 0 Å². The first-order valence-electron chi connectivity index (χ1n) is 22.2. The fraction of sp³-hybridized carbons (Fsp3) is 0. The first-order valence-corrected chi connectivity index (χ1v) is 22.2. The average Bonchev–Trinajstić information content (AvgIpc) is 4.13. The largest absolute Gasteiger partial charge is 0.456 e. The standard InChI is InChI=1S/C59H33N5O2/c1-2-15-36-33-51-46(31-35(36)14-1)41-19-7-9-21-48(41)63(51)54-45(29-28-44-43-27-25-34-13-3-4-16-38(34)55(43)66-56(44)54)58-60-57(37-26-30-53-47(32-37)42-20-8-12-24-52(42)65-53)61-59(62-58)64-49-22-10-5-17-39(49)40-18-6-11-23-50(40)64/h1-33H. The van der Waals surface area contributed by atoms with Crippen molar-refractivity contribution in [3.05, 3.63) is 200 Å². The number of hydrogen-bond acceptors (Lipinski definition) is 5. The second-order valence-corrected chi connectivity index (χ2v) is 17.1. The first kappa shape index (κ1) is 35.4. The molecule has 0 aliphatic carbocycles. The highest BCUT2D eigenvalue weighted by molar-refractivity contribution is 6.20. The molecule has 0 bridgehead atoms. The summed E-state index contributed by atoms with van der Waals surface area (Å²) >= 11 is 0. The molecule has 306 valence electrons. The minimum atomic E-state index is 0.513. The van der Waals surface area contributed by atoms with Crippen molar-refractivity contribution in [1.29, 1.82) is 0 Å². The molecular formula is C59H33N5O2. The Morgan fingerprint density at radius 1 is 0.318 bits per heavy atom. The molecule has 7 nitrogen and oxygen atoms in total. The number of furan rings is 2. The molecule has 0 aliphatic rings. The Balaban J connectivity index is 1.10. The molecule has 0 aliphatic heterocycles. The van der Waals surface area contributed by atoms with E-state index in [9.17, 15) is 0 Å². The van der Waals surface area contributed by atoms with Gasteiger partial charge in [-0.1, -0.05) is 127 Å². The number of fused-ring (bicyclic) bond motifs is 15. The molecule has 15 rings (SSSR count). The summed E-state index contributed by atoms with van der Waals surface area (Å²) in [5.74, 6) is 1.57. The van der Waals surface area contributed by atoms with Gasteiger partial charge in [-0.05, 0) is 89.0 Å². The van der Waals surface area contributed by atoms with E-state index in [-0.39, 0.29) is 0 Å². The SMILES string of the molecule is c1ccc2cc3c(cc2c1)c1ccccc1n3-c1c(-c2nc(-c3ccc4oc5ccccc5c4c3)nc(-n3c4ccccc4c4ccccc43)n2)ccc2c1oc1c3ccccc3ccc21. The van der Waals surface area contributed by atoms with Crippen molar-refractivity contribution in [1.82, 2.24) is 24.1 Å². The van der Waals surface area contributed by atoms with Crippen LogP contribution in [0, 0.1) is 0 Å². The van der Waals surface area contributed by atoms with Crippen molar-refractivity contribution in [3.8, 4) is 34.4 Å². The number of aromatic nitrogens is 5. The zero-order valence-electron chi connectivity index (χ0n) is 35.1. The van der Waals surface area contributed by atoms with Crippen LogP contribution in [0.25, 0.3) is 143 Å². The van der Waals surface area contributed by atoms with Crippen LogP contribution in [-0.4, -0.2) is 24.1 Å². The maximum Gasteiger partial charge on any atom is 0.238 e. The number of para-hydroxylation sites is 4. The van der Waals surface area contributed by atoms with Gasteiger partial charge in [0.15, 0.2) is 17.2 Å². The molecule has 0 N–H and O–H groups in total. The minimum Gasteiger partial charge on any atom is -0.456 e. The molecule has 0 amide bonds. The van der Waals surface area contributed by atoms with Crippen molar-refractivity contribution in [2.75, 3.05) is 0 Å². The second-order valence-electron chi connectivity index (χ2n) is 17.1. The quantitative estimate of drug-likeness (QED) is 0.176. The average molecular weight is 844 g/mol. The Labute approximate surface area is 375 Å². The van der Waals surface area contributed by atoms with Crippen molar-refractivity contribution in [2.24, 2.45) is 0 Å². The molecule has 7 heteroatoms. The Morgan fingerprint density at radius 3 is 1.67 bits per heavy atom. The predicted octanol–water partition coefficient (Wildman–Crippen LogP) is 15.5. The van der Waals surface area contributed by atoms with E-state index in [0.717, 1.165) is 120 Å². The van der Waals surface area contributed by atoms with Gasteiger partial charge in [-0.25, -0.2) is 4.98 Å². The third kappa shape index (κ3) is 4.93. The molecule has 5 heterocycles. The highest BCUT2D eigenvalue weighted by Gasteiger charge is 2.26. The zero-order valence-corrected chi connectivity index (χ0v) is 35.1. The van der Waals surface area contributed by atoms with Crippen LogP contribution in [-0.2, 0) is 0 Å². The Kier molecular flexibility index (Phi) is 7.10. The highest BCUT2D eigenvalue weighted by Crippen LogP contribution is 2.45. The van der Waals surface area contributed by atoms with E-state index >= 15 is 0 Å². The zero-order chi connectivity index (χ0) is 43.0. The predicted molar refractivity (Wildman–Crippen MR) is 269 cm³/mol. The molecule has 0 atom stereocenters.